The number of nitrogens with zero attached hydrogens (tertiary/aromatic N) is 2. The molecule has 7 nitrogen and oxygen atoms in total. The van der Waals surface area contributed by atoms with E-state index in [0.717, 1.165) is 27.4 Å². The molecule has 0 unspecified atom stereocenters. The Balaban J connectivity index is 2.11. The monoisotopic (exact) mass is 617 g/mol. The Bertz CT molecular complexity index is 1480. The predicted molar refractivity (Wildman–Crippen MR) is 166 cm³/mol. The standard InChI is InChI=1S/C31H37Cl2N3O4S/c1-6-23(5)34-31(38)27(7-2)35(19-24-12-9-8-11-22(24)4)29(37)20-36(28-14-10-13-26(32)30(28)33)41(39,40)25-17-15-21(3)16-18-25/h8-18,23,27H,6-7,19-20H2,1-5H3,(H,34,38)/t23-,27-/m1/s1. The van der Waals surface area contributed by atoms with E-state index in [4.69, 9.17) is 23.2 Å². The Kier molecular flexibility index (Phi) is 11.2. The molecule has 3 aromatic rings. The number of hydrogen-bond donors (Lipinski definition) is 1. The topological polar surface area (TPSA) is 86.8 Å². The fourth-order valence-corrected chi connectivity index (χ4v) is 6.24. The van der Waals surface area contributed by atoms with Crippen LogP contribution in [-0.4, -0.2) is 43.8 Å². The number of rotatable bonds is 12. The highest BCUT2D eigenvalue weighted by Gasteiger charge is 2.35. The van der Waals surface area contributed by atoms with Crippen LogP contribution in [0.2, 0.25) is 10.0 Å². The van der Waals surface area contributed by atoms with Crippen molar-refractivity contribution in [2.45, 2.75) is 71.0 Å². The van der Waals surface area contributed by atoms with Crippen LogP contribution in [0, 0.1) is 13.8 Å². The first-order valence-corrected chi connectivity index (χ1v) is 15.8. The minimum atomic E-state index is -4.25. The van der Waals surface area contributed by atoms with Gasteiger partial charge in [-0.15, -0.1) is 0 Å². The number of aryl methyl sites for hydroxylation is 2. The maximum Gasteiger partial charge on any atom is 0.264 e. The summed E-state index contributed by atoms with van der Waals surface area (Å²) in [6, 6.07) is 17.6. The number of hydrogen-bond acceptors (Lipinski definition) is 4. The summed E-state index contributed by atoms with van der Waals surface area (Å²) in [5.41, 5.74) is 2.75. The molecule has 0 fully saturated rings. The minimum absolute atomic E-state index is 0.000971. The molecule has 41 heavy (non-hydrogen) atoms. The van der Waals surface area contributed by atoms with Crippen LogP contribution in [0.4, 0.5) is 5.69 Å². The number of carbonyl (C=O) groups excluding carboxylic acids is 2. The molecular weight excluding hydrogens is 581 g/mol. The van der Waals surface area contributed by atoms with E-state index < -0.39 is 28.5 Å². The van der Waals surface area contributed by atoms with Gasteiger partial charge in [0.2, 0.25) is 11.8 Å². The molecule has 0 radical (unpaired) electrons. The second-order valence-corrected chi connectivity index (χ2v) is 12.7. The molecule has 0 saturated heterocycles. The molecule has 0 aliphatic heterocycles. The summed E-state index contributed by atoms with van der Waals surface area (Å²) in [5, 5.41) is 3.13. The van der Waals surface area contributed by atoms with Crippen LogP contribution in [0.15, 0.2) is 71.6 Å². The lowest BCUT2D eigenvalue weighted by Crippen LogP contribution is -2.53. The maximum atomic E-state index is 14.2. The van der Waals surface area contributed by atoms with Crippen LogP contribution in [0.3, 0.4) is 0 Å². The third-order valence-electron chi connectivity index (χ3n) is 7.08. The van der Waals surface area contributed by atoms with E-state index >= 15 is 0 Å². The first kappa shape index (κ1) is 32.4. The second kappa shape index (κ2) is 14.2. The summed E-state index contributed by atoms with van der Waals surface area (Å²) in [6.07, 6.45) is 1.06. The molecule has 1 N–H and O–H groups in total. The quantitative estimate of drug-likeness (QED) is 0.250. The van der Waals surface area contributed by atoms with E-state index in [1.807, 2.05) is 58.9 Å². The SMILES string of the molecule is CC[C@@H](C)NC(=O)[C@@H](CC)N(Cc1ccccc1C)C(=O)CN(c1cccc(Cl)c1Cl)S(=O)(=O)c1ccc(C)cc1. The molecule has 2 atom stereocenters. The number of sulfonamides is 1. The number of nitrogens with one attached hydrogen (secondary N) is 1. The Morgan fingerprint density at radius 3 is 2.17 bits per heavy atom. The number of halogens is 2. The van der Waals surface area contributed by atoms with Gasteiger partial charge in [0.1, 0.15) is 12.6 Å². The summed E-state index contributed by atoms with van der Waals surface area (Å²) in [5.74, 6) is -0.844. The van der Waals surface area contributed by atoms with Gasteiger partial charge < -0.3 is 10.2 Å². The summed E-state index contributed by atoms with van der Waals surface area (Å²) < 4.78 is 29.0. The molecule has 10 heteroatoms. The van der Waals surface area contributed by atoms with Gasteiger partial charge in [-0.2, -0.15) is 0 Å². The van der Waals surface area contributed by atoms with Crippen LogP contribution >= 0.6 is 23.2 Å². The lowest BCUT2D eigenvalue weighted by Gasteiger charge is -2.34. The number of anilines is 1. The van der Waals surface area contributed by atoms with Gasteiger partial charge in [0, 0.05) is 12.6 Å². The molecule has 0 aliphatic carbocycles. The zero-order valence-electron chi connectivity index (χ0n) is 24.0. The molecular formula is C31H37Cl2N3O4S. The summed E-state index contributed by atoms with van der Waals surface area (Å²) in [6.45, 7) is 9.00. The van der Waals surface area contributed by atoms with Crippen LogP contribution in [0.25, 0.3) is 0 Å². The lowest BCUT2D eigenvalue weighted by atomic mass is 10.1. The van der Waals surface area contributed by atoms with Crippen LogP contribution in [0.5, 0.6) is 0 Å². The minimum Gasteiger partial charge on any atom is -0.352 e. The van der Waals surface area contributed by atoms with E-state index in [-0.39, 0.29) is 39.1 Å². The third-order valence-corrected chi connectivity index (χ3v) is 9.66. The second-order valence-electron chi connectivity index (χ2n) is 10.1. The third kappa shape index (κ3) is 7.82. The summed E-state index contributed by atoms with van der Waals surface area (Å²) in [7, 11) is -4.25. The highest BCUT2D eigenvalue weighted by molar-refractivity contribution is 7.92. The first-order valence-electron chi connectivity index (χ1n) is 13.6. The van der Waals surface area contributed by atoms with Gasteiger partial charge in [0.25, 0.3) is 10.0 Å². The predicted octanol–water partition coefficient (Wildman–Crippen LogP) is 6.53. The van der Waals surface area contributed by atoms with Crippen LogP contribution in [0.1, 0.15) is 50.3 Å². The fourth-order valence-electron chi connectivity index (χ4n) is 4.37. The van der Waals surface area contributed by atoms with Crippen molar-refractivity contribution in [3.05, 3.63) is 93.5 Å². The molecule has 0 bridgehead atoms. The van der Waals surface area contributed by atoms with Gasteiger partial charge in [-0.1, -0.05) is 85.1 Å². The van der Waals surface area contributed by atoms with Crippen molar-refractivity contribution in [1.29, 1.82) is 0 Å². The molecule has 0 saturated carbocycles. The summed E-state index contributed by atoms with van der Waals surface area (Å²) in [4.78, 5) is 29.0. The Labute approximate surface area is 253 Å². The normalized spacial score (nSPS) is 12.9. The van der Waals surface area contributed by atoms with Crippen molar-refractivity contribution in [1.82, 2.24) is 10.2 Å². The van der Waals surface area contributed by atoms with Gasteiger partial charge in [-0.3, -0.25) is 13.9 Å². The van der Waals surface area contributed by atoms with Gasteiger partial charge >= 0.3 is 0 Å². The van der Waals surface area contributed by atoms with Gasteiger partial charge in [0.05, 0.1) is 20.6 Å². The van der Waals surface area contributed by atoms with E-state index in [1.165, 1.54) is 23.1 Å². The van der Waals surface area contributed by atoms with Crippen LogP contribution < -0.4 is 9.62 Å². The highest BCUT2D eigenvalue weighted by Crippen LogP contribution is 2.35. The van der Waals surface area contributed by atoms with Crippen molar-refractivity contribution in [3.63, 3.8) is 0 Å². The van der Waals surface area contributed by atoms with Gasteiger partial charge in [-0.05, 0) is 69.0 Å². The van der Waals surface area contributed by atoms with E-state index in [0.29, 0.717) is 6.42 Å². The molecule has 0 aromatic heterocycles. The van der Waals surface area contributed by atoms with E-state index in [1.54, 1.807) is 24.3 Å². The zero-order valence-corrected chi connectivity index (χ0v) is 26.4. The lowest BCUT2D eigenvalue weighted by molar-refractivity contribution is -0.140. The first-order chi connectivity index (χ1) is 19.4. The van der Waals surface area contributed by atoms with Crippen molar-refractivity contribution in [2.24, 2.45) is 0 Å². The number of carbonyl (C=O) groups is 2. The molecule has 3 aromatic carbocycles. The molecule has 2 amide bonds. The van der Waals surface area contributed by atoms with Crippen molar-refractivity contribution >= 4 is 50.7 Å². The molecule has 220 valence electrons. The smallest absolute Gasteiger partial charge is 0.264 e. The Morgan fingerprint density at radius 2 is 1.56 bits per heavy atom. The average molecular weight is 619 g/mol. The zero-order chi connectivity index (χ0) is 30.3. The fraction of sp³-hybridized carbons (Fsp3) is 0.355. The molecule has 0 heterocycles. The highest BCUT2D eigenvalue weighted by atomic mass is 35.5. The average Bonchev–Trinajstić information content (AvgIpc) is 2.94. The van der Waals surface area contributed by atoms with Crippen LogP contribution in [-0.2, 0) is 26.2 Å². The molecule has 0 spiro atoms. The Morgan fingerprint density at radius 1 is 0.902 bits per heavy atom. The number of benzene rings is 3. The largest absolute Gasteiger partial charge is 0.352 e. The number of amides is 2. The summed E-state index contributed by atoms with van der Waals surface area (Å²) >= 11 is 12.8. The Hall–Kier alpha value is -3.07. The van der Waals surface area contributed by atoms with E-state index in [9.17, 15) is 18.0 Å². The molecule has 0 aliphatic rings. The molecule has 3 rings (SSSR count). The maximum absolute atomic E-state index is 14.2. The van der Waals surface area contributed by atoms with Crippen molar-refractivity contribution in [3.8, 4) is 0 Å². The van der Waals surface area contributed by atoms with E-state index in [2.05, 4.69) is 5.32 Å². The van der Waals surface area contributed by atoms with Gasteiger partial charge in [-0.25, -0.2) is 8.42 Å². The van der Waals surface area contributed by atoms with Crippen molar-refractivity contribution in [2.75, 3.05) is 10.8 Å². The van der Waals surface area contributed by atoms with Crippen molar-refractivity contribution < 1.29 is 18.0 Å². The van der Waals surface area contributed by atoms with Gasteiger partial charge in [0.15, 0.2) is 0 Å².